The molecule has 0 aliphatic carbocycles. The monoisotopic (exact) mass is 393 g/mol. The summed E-state index contributed by atoms with van der Waals surface area (Å²) in [6.07, 6.45) is -2.94. The lowest BCUT2D eigenvalue weighted by atomic mass is 9.92. The molecule has 152 valence electrons. The third kappa shape index (κ3) is 4.99. The summed E-state index contributed by atoms with van der Waals surface area (Å²) < 4.78 is 16.2. The smallest absolute Gasteiger partial charge is 0.312 e. The van der Waals surface area contributed by atoms with Crippen molar-refractivity contribution < 1.29 is 33.5 Å². The second kappa shape index (κ2) is 8.57. The van der Waals surface area contributed by atoms with Gasteiger partial charge in [0.25, 0.3) is 5.69 Å². The van der Waals surface area contributed by atoms with Crippen LogP contribution in [0.1, 0.15) is 38.1 Å². The molecule has 4 unspecified atom stereocenters. The van der Waals surface area contributed by atoms with E-state index < -0.39 is 40.6 Å². The number of nitro benzene ring substituents is 1. The van der Waals surface area contributed by atoms with Gasteiger partial charge < -0.3 is 14.2 Å². The predicted octanol–water partition coefficient (Wildman–Crippen LogP) is 2.31. The lowest BCUT2D eigenvalue weighted by Crippen LogP contribution is -2.51. The Kier molecular flexibility index (Phi) is 6.63. The summed E-state index contributed by atoms with van der Waals surface area (Å²) in [5.41, 5.74) is -0.911. The molecule has 0 aromatic heterocycles. The number of ketones is 1. The fourth-order valence-corrected chi connectivity index (χ4v) is 2.58. The minimum Gasteiger partial charge on any atom is -0.451 e. The maximum atomic E-state index is 13.1. The number of Topliss-reactive ketones (excluding diaryl/α,β-unsaturated/α-hetero) is 1. The molecule has 1 aliphatic rings. The van der Waals surface area contributed by atoms with Crippen LogP contribution in [0.3, 0.4) is 0 Å². The van der Waals surface area contributed by atoms with Gasteiger partial charge in [-0.3, -0.25) is 24.5 Å². The Balaban J connectivity index is 2.36. The normalized spacial score (nSPS) is 23.5. The van der Waals surface area contributed by atoms with E-state index in [1.807, 2.05) is 0 Å². The van der Waals surface area contributed by atoms with Crippen LogP contribution < -0.4 is 0 Å². The molecule has 0 saturated carbocycles. The summed E-state index contributed by atoms with van der Waals surface area (Å²) >= 11 is 0. The number of esters is 1. The summed E-state index contributed by atoms with van der Waals surface area (Å²) in [5, 5.41) is 10.8. The van der Waals surface area contributed by atoms with Crippen LogP contribution in [0.2, 0.25) is 0 Å². The molecule has 9 nitrogen and oxygen atoms in total. The lowest BCUT2D eigenvalue weighted by Gasteiger charge is -2.37. The van der Waals surface area contributed by atoms with Gasteiger partial charge in [0.05, 0.1) is 16.9 Å². The van der Waals surface area contributed by atoms with Gasteiger partial charge in [0.2, 0.25) is 12.1 Å². The largest absolute Gasteiger partial charge is 0.451 e. The fraction of sp³-hybridized carbons (Fsp3) is 0.526. The first-order valence-corrected chi connectivity index (χ1v) is 8.76. The van der Waals surface area contributed by atoms with Crippen LogP contribution in [0.5, 0.6) is 0 Å². The van der Waals surface area contributed by atoms with E-state index in [9.17, 15) is 24.5 Å². The van der Waals surface area contributed by atoms with Gasteiger partial charge in [-0.05, 0) is 32.9 Å². The van der Waals surface area contributed by atoms with E-state index in [1.165, 1.54) is 24.3 Å². The number of carbonyl (C=O) groups is 3. The van der Waals surface area contributed by atoms with Crippen molar-refractivity contribution in [2.75, 3.05) is 6.61 Å². The van der Waals surface area contributed by atoms with Gasteiger partial charge in [-0.25, -0.2) is 0 Å². The third-order valence-corrected chi connectivity index (χ3v) is 4.25. The van der Waals surface area contributed by atoms with E-state index >= 15 is 0 Å². The summed E-state index contributed by atoms with van der Waals surface area (Å²) in [4.78, 5) is 46.8. The first-order valence-electron chi connectivity index (χ1n) is 8.76. The Morgan fingerprint density at radius 2 is 1.89 bits per heavy atom. The number of benzene rings is 1. The Labute approximate surface area is 162 Å². The highest BCUT2D eigenvalue weighted by molar-refractivity contribution is 6.01. The Bertz CT molecular complexity index is 752. The van der Waals surface area contributed by atoms with Crippen molar-refractivity contribution in [1.29, 1.82) is 0 Å². The van der Waals surface area contributed by atoms with E-state index in [1.54, 1.807) is 27.7 Å². The van der Waals surface area contributed by atoms with Crippen molar-refractivity contribution in [3.8, 4) is 0 Å². The van der Waals surface area contributed by atoms with Crippen molar-refractivity contribution in [1.82, 2.24) is 0 Å². The molecule has 1 heterocycles. The lowest BCUT2D eigenvalue weighted by molar-refractivity contribution is -0.384. The van der Waals surface area contributed by atoms with Crippen molar-refractivity contribution in [3.05, 3.63) is 39.9 Å². The molecule has 1 aromatic rings. The zero-order valence-electron chi connectivity index (χ0n) is 16.1. The molecule has 1 saturated heterocycles. The van der Waals surface area contributed by atoms with Crippen molar-refractivity contribution >= 4 is 23.7 Å². The first-order chi connectivity index (χ1) is 13.0. The molecule has 9 heteroatoms. The van der Waals surface area contributed by atoms with Gasteiger partial charge in [-0.15, -0.1) is 0 Å². The maximum Gasteiger partial charge on any atom is 0.312 e. The Morgan fingerprint density at radius 3 is 2.39 bits per heavy atom. The standard InChI is InChI=1S/C19H23NO8/c1-11-10-26-14(9-21)27-16(11)17(28-18(23)19(2,3)4)15(22)12-5-7-13(8-6-12)20(24)25/h5-9,11,14,16-17H,10H2,1-4H3. The average Bonchev–Trinajstić information content (AvgIpc) is 2.65. The average molecular weight is 393 g/mol. The van der Waals surface area contributed by atoms with E-state index in [0.29, 0.717) is 6.29 Å². The van der Waals surface area contributed by atoms with Crippen LogP contribution in [-0.2, 0) is 23.8 Å². The highest BCUT2D eigenvalue weighted by atomic mass is 16.7. The molecular formula is C19H23NO8. The minimum atomic E-state index is -1.32. The van der Waals surface area contributed by atoms with Crippen LogP contribution in [0.4, 0.5) is 5.69 Å². The summed E-state index contributed by atoms with van der Waals surface area (Å²) in [6.45, 7) is 6.82. The molecule has 1 aliphatic heterocycles. The van der Waals surface area contributed by atoms with Crippen LogP contribution >= 0.6 is 0 Å². The topological polar surface area (TPSA) is 122 Å². The molecule has 28 heavy (non-hydrogen) atoms. The van der Waals surface area contributed by atoms with Crippen LogP contribution in [-0.4, -0.2) is 48.1 Å². The highest BCUT2D eigenvalue weighted by Crippen LogP contribution is 2.27. The van der Waals surface area contributed by atoms with Gasteiger partial charge in [-0.1, -0.05) is 6.92 Å². The molecule has 1 aromatic carbocycles. The number of nitrogens with zero attached hydrogens (tertiary/aromatic N) is 1. The Hall–Kier alpha value is -2.65. The summed E-state index contributed by atoms with van der Waals surface area (Å²) in [6, 6.07) is 4.97. The molecule has 0 radical (unpaired) electrons. The number of non-ortho nitro benzene ring substituents is 1. The SMILES string of the molecule is CC1COC(C=O)OC1C(OC(=O)C(C)(C)C)C(=O)c1ccc([N+](=O)[O-])cc1. The molecule has 1 fully saturated rings. The second-order valence-electron chi connectivity index (χ2n) is 7.66. The number of carbonyl (C=O) groups excluding carboxylic acids is 3. The molecule has 0 N–H and O–H groups in total. The van der Waals surface area contributed by atoms with Crippen LogP contribution in [0.15, 0.2) is 24.3 Å². The van der Waals surface area contributed by atoms with Crippen LogP contribution in [0.25, 0.3) is 0 Å². The van der Waals surface area contributed by atoms with E-state index in [-0.39, 0.29) is 23.8 Å². The fourth-order valence-electron chi connectivity index (χ4n) is 2.58. The van der Waals surface area contributed by atoms with Gasteiger partial charge in [0, 0.05) is 23.6 Å². The molecule has 2 rings (SSSR count). The highest BCUT2D eigenvalue weighted by Gasteiger charge is 2.42. The zero-order valence-corrected chi connectivity index (χ0v) is 16.1. The molecule has 0 spiro atoms. The number of nitro groups is 1. The van der Waals surface area contributed by atoms with E-state index in [0.717, 1.165) is 0 Å². The number of aldehydes is 1. The number of rotatable bonds is 6. The van der Waals surface area contributed by atoms with Gasteiger partial charge in [0.15, 0.2) is 12.4 Å². The van der Waals surface area contributed by atoms with Gasteiger partial charge >= 0.3 is 5.97 Å². The molecular weight excluding hydrogens is 370 g/mol. The van der Waals surface area contributed by atoms with Crippen molar-refractivity contribution in [3.63, 3.8) is 0 Å². The quantitative estimate of drug-likeness (QED) is 0.237. The van der Waals surface area contributed by atoms with Crippen molar-refractivity contribution in [2.45, 2.75) is 46.2 Å². The van der Waals surface area contributed by atoms with E-state index in [4.69, 9.17) is 14.2 Å². The molecule has 0 bridgehead atoms. The maximum absolute atomic E-state index is 13.1. The zero-order chi connectivity index (χ0) is 21.1. The Morgan fingerprint density at radius 1 is 1.29 bits per heavy atom. The molecule has 4 atom stereocenters. The van der Waals surface area contributed by atoms with Crippen molar-refractivity contribution in [2.24, 2.45) is 11.3 Å². The van der Waals surface area contributed by atoms with Gasteiger partial charge in [0.1, 0.15) is 6.10 Å². The minimum absolute atomic E-state index is 0.127. The third-order valence-electron chi connectivity index (χ3n) is 4.25. The summed E-state index contributed by atoms with van der Waals surface area (Å²) in [5.74, 6) is -1.52. The van der Waals surface area contributed by atoms with Crippen LogP contribution in [0, 0.1) is 21.4 Å². The summed E-state index contributed by atoms with van der Waals surface area (Å²) in [7, 11) is 0. The van der Waals surface area contributed by atoms with Gasteiger partial charge in [-0.2, -0.15) is 0 Å². The van der Waals surface area contributed by atoms with E-state index in [2.05, 4.69) is 0 Å². The molecule has 0 amide bonds. The second-order valence-corrected chi connectivity index (χ2v) is 7.66. The number of hydrogen-bond acceptors (Lipinski definition) is 8. The number of ether oxygens (including phenoxy) is 3. The first kappa shape index (κ1) is 21.6. The predicted molar refractivity (Wildman–Crippen MR) is 96.6 cm³/mol. The number of hydrogen-bond donors (Lipinski definition) is 0.